The third kappa shape index (κ3) is 3.31. The Bertz CT molecular complexity index is 932. The minimum absolute atomic E-state index is 0.270. The lowest BCUT2D eigenvalue weighted by Crippen LogP contribution is -2.20. The highest BCUT2D eigenvalue weighted by Crippen LogP contribution is 2.27. The Morgan fingerprint density at radius 2 is 1.92 bits per heavy atom. The molecule has 26 heavy (non-hydrogen) atoms. The van der Waals surface area contributed by atoms with E-state index in [1.807, 2.05) is 50.9 Å². The van der Waals surface area contributed by atoms with Crippen molar-refractivity contribution in [2.75, 3.05) is 7.05 Å². The molecule has 0 saturated carbocycles. The zero-order valence-corrected chi connectivity index (χ0v) is 15.4. The van der Waals surface area contributed by atoms with Gasteiger partial charge in [0.15, 0.2) is 0 Å². The van der Waals surface area contributed by atoms with Gasteiger partial charge in [0.2, 0.25) is 0 Å². The van der Waals surface area contributed by atoms with Gasteiger partial charge in [-0.25, -0.2) is 14.4 Å². The second-order valence-electron chi connectivity index (χ2n) is 6.14. The number of hydrazone groups is 1. The third-order valence-electron chi connectivity index (χ3n) is 4.33. The van der Waals surface area contributed by atoms with Crippen LogP contribution >= 0.6 is 0 Å². The number of nitrogens with one attached hydrogen (secondary N) is 1. The van der Waals surface area contributed by atoms with Crippen molar-refractivity contribution in [3.8, 4) is 11.3 Å². The second-order valence-corrected chi connectivity index (χ2v) is 6.14. The van der Waals surface area contributed by atoms with Crippen LogP contribution in [0.4, 0.5) is 4.39 Å². The maximum atomic E-state index is 13.3. The lowest BCUT2D eigenvalue weighted by molar-refractivity contribution is 0.504. The number of nitrogens with zero attached hydrogens (tertiary/aromatic N) is 4. The van der Waals surface area contributed by atoms with E-state index in [1.165, 1.54) is 12.1 Å². The van der Waals surface area contributed by atoms with Gasteiger partial charge in [-0.1, -0.05) is 6.58 Å². The number of aromatic nitrogens is 2. The summed E-state index contributed by atoms with van der Waals surface area (Å²) in [5, 5.41) is 9.52. The molecule has 0 bridgehead atoms. The van der Waals surface area contributed by atoms with Crippen LogP contribution in [0.5, 0.6) is 0 Å². The highest BCUT2D eigenvalue weighted by atomic mass is 19.1. The van der Waals surface area contributed by atoms with E-state index >= 15 is 0 Å². The first kappa shape index (κ1) is 17.7. The number of allylic oxidation sites excluding steroid dienone is 3. The predicted molar refractivity (Wildman–Crippen MR) is 103 cm³/mol. The van der Waals surface area contributed by atoms with Crippen LogP contribution in [0.1, 0.15) is 18.4 Å². The zero-order valence-electron chi connectivity index (χ0n) is 15.4. The summed E-state index contributed by atoms with van der Waals surface area (Å²) in [6, 6.07) is 6.34. The fraction of sp³-hybridized carbons (Fsp3) is 0.200. The summed E-state index contributed by atoms with van der Waals surface area (Å²) >= 11 is 0. The van der Waals surface area contributed by atoms with Crippen molar-refractivity contribution < 1.29 is 4.39 Å². The second kappa shape index (κ2) is 7.00. The van der Waals surface area contributed by atoms with Crippen molar-refractivity contribution in [3.63, 3.8) is 0 Å². The standard InChI is InChI=1S/C20H22FN5/c1-13(22-4)12-26-14(2)6-11-18(24-26)20-19(23-15(3)25(20)5)16-7-9-17(21)10-8-16/h6-12,22H,2H2,1,3-5H3/b13-12+. The molecular formula is C20H22FN5. The number of rotatable bonds is 4. The van der Waals surface area contributed by atoms with Crippen molar-refractivity contribution in [1.29, 1.82) is 0 Å². The fourth-order valence-corrected chi connectivity index (χ4v) is 2.66. The van der Waals surface area contributed by atoms with Crippen molar-refractivity contribution in [1.82, 2.24) is 19.9 Å². The van der Waals surface area contributed by atoms with Crippen LogP contribution in [0.2, 0.25) is 0 Å². The maximum absolute atomic E-state index is 13.3. The van der Waals surface area contributed by atoms with Crippen molar-refractivity contribution in [2.45, 2.75) is 13.8 Å². The molecule has 2 aromatic rings. The number of aryl methyl sites for hydroxylation is 1. The summed E-state index contributed by atoms with van der Waals surface area (Å²) in [5.41, 5.74) is 4.99. The van der Waals surface area contributed by atoms with Crippen LogP contribution in [0.3, 0.4) is 0 Å². The van der Waals surface area contributed by atoms with E-state index in [4.69, 9.17) is 5.10 Å². The molecular weight excluding hydrogens is 329 g/mol. The molecule has 6 heteroatoms. The van der Waals surface area contributed by atoms with Gasteiger partial charge in [0.1, 0.15) is 17.4 Å². The Balaban J connectivity index is 2.11. The Hall–Kier alpha value is -3.15. The smallest absolute Gasteiger partial charge is 0.123 e. The summed E-state index contributed by atoms with van der Waals surface area (Å²) in [5.74, 6) is 0.585. The van der Waals surface area contributed by atoms with Gasteiger partial charge in [-0.3, -0.25) is 0 Å². The molecule has 3 rings (SSSR count). The van der Waals surface area contributed by atoms with Crippen molar-refractivity contribution in [3.05, 3.63) is 77.9 Å². The average molecular weight is 351 g/mol. The molecule has 1 N–H and O–H groups in total. The summed E-state index contributed by atoms with van der Waals surface area (Å²) in [4.78, 5) is 4.66. The minimum atomic E-state index is -0.270. The maximum Gasteiger partial charge on any atom is 0.123 e. The quantitative estimate of drug-likeness (QED) is 0.913. The number of hydrogen-bond acceptors (Lipinski definition) is 4. The van der Waals surface area contributed by atoms with E-state index in [1.54, 1.807) is 17.1 Å². The van der Waals surface area contributed by atoms with Gasteiger partial charge in [0, 0.05) is 31.6 Å². The van der Waals surface area contributed by atoms with Gasteiger partial charge in [0.05, 0.1) is 17.1 Å². The Kier molecular flexibility index (Phi) is 4.75. The van der Waals surface area contributed by atoms with Crippen LogP contribution in [0.25, 0.3) is 11.3 Å². The monoisotopic (exact) mass is 351 g/mol. The number of halogens is 1. The SMILES string of the molecule is C=C1C=CC(c2c(-c3ccc(F)cc3)nc(C)n2C)=NN1/C=C(\C)NC. The molecule has 0 spiro atoms. The molecule has 0 radical (unpaired) electrons. The van der Waals surface area contributed by atoms with E-state index < -0.39 is 0 Å². The van der Waals surface area contributed by atoms with Crippen LogP contribution < -0.4 is 5.32 Å². The van der Waals surface area contributed by atoms with Gasteiger partial charge in [0.25, 0.3) is 0 Å². The highest BCUT2D eigenvalue weighted by molar-refractivity contribution is 6.11. The molecule has 1 aromatic carbocycles. The van der Waals surface area contributed by atoms with E-state index in [-0.39, 0.29) is 5.82 Å². The largest absolute Gasteiger partial charge is 0.390 e. The first-order valence-electron chi connectivity index (χ1n) is 8.31. The number of imidazole rings is 1. The molecule has 1 aromatic heterocycles. The summed E-state index contributed by atoms with van der Waals surface area (Å²) in [7, 11) is 3.81. The van der Waals surface area contributed by atoms with Gasteiger partial charge < -0.3 is 9.88 Å². The van der Waals surface area contributed by atoms with Gasteiger partial charge in [-0.15, -0.1) is 0 Å². The molecule has 0 fully saturated rings. The lowest BCUT2D eigenvalue weighted by atomic mass is 10.1. The Morgan fingerprint density at radius 1 is 1.23 bits per heavy atom. The molecule has 0 atom stereocenters. The number of benzene rings is 1. The predicted octanol–water partition coefficient (Wildman–Crippen LogP) is 3.70. The van der Waals surface area contributed by atoms with Crippen LogP contribution in [0, 0.1) is 12.7 Å². The first-order chi connectivity index (χ1) is 12.4. The normalized spacial score (nSPS) is 14.7. The molecule has 1 aliphatic rings. The minimum Gasteiger partial charge on any atom is -0.390 e. The fourth-order valence-electron chi connectivity index (χ4n) is 2.66. The van der Waals surface area contributed by atoms with Crippen molar-refractivity contribution >= 4 is 5.71 Å². The van der Waals surface area contributed by atoms with Crippen molar-refractivity contribution in [2.24, 2.45) is 12.1 Å². The summed E-state index contributed by atoms with van der Waals surface area (Å²) in [6.07, 6.45) is 5.72. The Labute approximate surface area is 152 Å². The molecule has 0 saturated heterocycles. The molecule has 5 nitrogen and oxygen atoms in total. The third-order valence-corrected chi connectivity index (χ3v) is 4.33. The highest BCUT2D eigenvalue weighted by Gasteiger charge is 2.21. The van der Waals surface area contributed by atoms with E-state index in [0.717, 1.165) is 39.9 Å². The number of hydrogen-bond donors (Lipinski definition) is 1. The summed E-state index contributed by atoms with van der Waals surface area (Å²) in [6.45, 7) is 7.92. The lowest BCUT2D eigenvalue weighted by Gasteiger charge is -2.21. The van der Waals surface area contributed by atoms with Crippen LogP contribution in [0.15, 0.2) is 65.7 Å². The van der Waals surface area contributed by atoms with E-state index in [0.29, 0.717) is 0 Å². The van der Waals surface area contributed by atoms with Gasteiger partial charge in [-0.05, 0) is 50.3 Å². The topological polar surface area (TPSA) is 45.5 Å². The molecule has 134 valence electrons. The van der Waals surface area contributed by atoms with E-state index in [9.17, 15) is 4.39 Å². The van der Waals surface area contributed by atoms with Gasteiger partial charge >= 0.3 is 0 Å². The molecule has 0 unspecified atom stereocenters. The van der Waals surface area contributed by atoms with Crippen LogP contribution in [-0.2, 0) is 7.05 Å². The van der Waals surface area contributed by atoms with E-state index in [2.05, 4.69) is 16.9 Å². The van der Waals surface area contributed by atoms with Gasteiger partial charge in [-0.2, -0.15) is 5.10 Å². The Morgan fingerprint density at radius 3 is 2.58 bits per heavy atom. The zero-order chi connectivity index (χ0) is 18.8. The molecule has 2 heterocycles. The molecule has 0 aliphatic carbocycles. The molecule has 0 amide bonds. The average Bonchev–Trinajstić information content (AvgIpc) is 2.92. The first-order valence-corrected chi connectivity index (χ1v) is 8.31. The van der Waals surface area contributed by atoms with Crippen LogP contribution in [-0.4, -0.2) is 27.3 Å². The summed E-state index contributed by atoms with van der Waals surface area (Å²) < 4.78 is 15.3. The molecule has 1 aliphatic heterocycles.